The van der Waals surface area contributed by atoms with Gasteiger partial charge in [-0.1, -0.05) is 17.7 Å². The highest BCUT2D eigenvalue weighted by molar-refractivity contribution is 6.31. The van der Waals surface area contributed by atoms with E-state index in [-0.39, 0.29) is 29.4 Å². The molecule has 0 saturated carbocycles. The number of amides is 1. The molecule has 190 valence electrons. The summed E-state index contributed by atoms with van der Waals surface area (Å²) < 4.78 is 16.7. The maximum Gasteiger partial charge on any atom is 0.290 e. The second kappa shape index (κ2) is 10.1. The maximum absolute atomic E-state index is 13.7. The number of Topliss-reactive ketones (excluding diaryl/α,β-unsaturated/α-hetero) is 1. The Balaban J connectivity index is 1.83. The molecule has 0 radical (unpaired) electrons. The van der Waals surface area contributed by atoms with E-state index in [0.29, 0.717) is 40.5 Å². The molecule has 9 nitrogen and oxygen atoms in total. The number of ether oxygens (including phenoxy) is 2. The number of hydrogen-bond acceptors (Lipinski definition) is 8. The number of fused-ring (bicyclic) bond motifs is 1. The lowest BCUT2D eigenvalue weighted by atomic mass is 9.94. The van der Waals surface area contributed by atoms with Crippen molar-refractivity contribution in [2.24, 2.45) is 0 Å². The second-order valence-corrected chi connectivity index (χ2v) is 9.03. The first kappa shape index (κ1) is 25.4. The number of phenols is 1. The molecule has 1 unspecified atom stereocenters. The molecule has 0 bridgehead atoms. The average Bonchev–Trinajstić information content (AvgIpc) is 3.37. The molecule has 0 aliphatic carbocycles. The standard InChI is InChI=1S/C26H27ClN2O7/c1-5-35-18-11-14(6-7-17(18)30)22-21(24(32)26(33)29(22)9-8-28(2)3)23(31)19-12-15-10-16(27)13-20(34-4)25(15)36-19/h6-7,10-13,22,30,32H,5,8-9H2,1-4H3. The minimum Gasteiger partial charge on any atom is -0.504 e. The summed E-state index contributed by atoms with van der Waals surface area (Å²) >= 11 is 6.15. The van der Waals surface area contributed by atoms with Gasteiger partial charge in [0, 0.05) is 29.6 Å². The summed E-state index contributed by atoms with van der Waals surface area (Å²) in [4.78, 5) is 30.2. The first-order valence-electron chi connectivity index (χ1n) is 11.3. The van der Waals surface area contributed by atoms with Crippen LogP contribution in [0.4, 0.5) is 0 Å². The highest BCUT2D eigenvalue weighted by Gasteiger charge is 2.44. The molecule has 0 spiro atoms. The van der Waals surface area contributed by atoms with Gasteiger partial charge in [0.25, 0.3) is 5.91 Å². The predicted molar refractivity (Wildman–Crippen MR) is 134 cm³/mol. The van der Waals surface area contributed by atoms with Gasteiger partial charge in [-0.3, -0.25) is 9.59 Å². The summed E-state index contributed by atoms with van der Waals surface area (Å²) in [5.74, 6) is -1.58. The molecule has 0 fully saturated rings. The zero-order chi connectivity index (χ0) is 26.1. The van der Waals surface area contributed by atoms with Crippen LogP contribution < -0.4 is 9.47 Å². The van der Waals surface area contributed by atoms with Crippen LogP contribution in [0.15, 0.2) is 52.1 Å². The number of carbonyl (C=O) groups excluding carboxylic acids is 2. The number of carbonyl (C=O) groups is 2. The van der Waals surface area contributed by atoms with Gasteiger partial charge in [0.2, 0.25) is 5.78 Å². The van der Waals surface area contributed by atoms with Crippen molar-refractivity contribution < 1.29 is 33.7 Å². The van der Waals surface area contributed by atoms with Crippen molar-refractivity contribution >= 4 is 34.3 Å². The largest absolute Gasteiger partial charge is 0.504 e. The van der Waals surface area contributed by atoms with Gasteiger partial charge in [-0.25, -0.2) is 0 Å². The average molecular weight is 515 g/mol. The first-order chi connectivity index (χ1) is 17.2. The summed E-state index contributed by atoms with van der Waals surface area (Å²) in [5, 5.41) is 22.0. The van der Waals surface area contributed by atoms with E-state index in [1.165, 1.54) is 24.1 Å². The Hall–Kier alpha value is -3.69. The fraction of sp³-hybridized carbons (Fsp3) is 0.308. The van der Waals surface area contributed by atoms with Crippen molar-refractivity contribution in [3.8, 4) is 17.2 Å². The van der Waals surface area contributed by atoms with E-state index in [0.717, 1.165) is 0 Å². The predicted octanol–water partition coefficient (Wildman–Crippen LogP) is 4.34. The van der Waals surface area contributed by atoms with Gasteiger partial charge in [0.05, 0.1) is 25.3 Å². The number of ketones is 1. The normalized spacial score (nSPS) is 15.9. The third kappa shape index (κ3) is 4.59. The SMILES string of the molecule is CCOc1cc(C2C(C(=O)c3cc4cc(Cl)cc(OC)c4o3)=C(O)C(=O)N2CCN(C)C)ccc1O. The number of nitrogens with zero attached hydrogens (tertiary/aromatic N) is 2. The first-order valence-corrected chi connectivity index (χ1v) is 11.7. The van der Waals surface area contributed by atoms with E-state index < -0.39 is 23.5 Å². The Morgan fingerprint density at radius 2 is 1.92 bits per heavy atom. The third-order valence-corrected chi connectivity index (χ3v) is 6.14. The summed E-state index contributed by atoms with van der Waals surface area (Å²) in [5.41, 5.74) is 0.683. The van der Waals surface area contributed by atoms with Crippen LogP contribution >= 0.6 is 11.6 Å². The lowest BCUT2D eigenvalue weighted by Crippen LogP contribution is -2.36. The van der Waals surface area contributed by atoms with Gasteiger partial charge in [-0.15, -0.1) is 0 Å². The van der Waals surface area contributed by atoms with Crippen molar-refractivity contribution in [3.63, 3.8) is 0 Å². The van der Waals surface area contributed by atoms with Crippen molar-refractivity contribution in [3.05, 3.63) is 64.1 Å². The fourth-order valence-electron chi connectivity index (χ4n) is 4.22. The molecule has 3 aromatic rings. The minimum atomic E-state index is -0.927. The van der Waals surface area contributed by atoms with E-state index in [2.05, 4.69) is 0 Å². The molecule has 4 rings (SSSR count). The van der Waals surface area contributed by atoms with Crippen LogP contribution in [-0.4, -0.2) is 72.6 Å². The second-order valence-electron chi connectivity index (χ2n) is 8.59. The number of rotatable bonds is 9. The number of aliphatic hydroxyl groups is 1. The molecule has 1 aromatic heterocycles. The van der Waals surface area contributed by atoms with Crippen molar-refractivity contribution in [2.45, 2.75) is 13.0 Å². The van der Waals surface area contributed by atoms with Crippen LogP contribution in [0.3, 0.4) is 0 Å². The molecule has 1 aliphatic heterocycles. The Morgan fingerprint density at radius 1 is 1.17 bits per heavy atom. The monoisotopic (exact) mass is 514 g/mol. The number of methoxy groups -OCH3 is 1. The molecule has 1 aliphatic rings. The van der Waals surface area contributed by atoms with Crippen molar-refractivity contribution in [1.82, 2.24) is 9.80 Å². The smallest absolute Gasteiger partial charge is 0.290 e. The maximum atomic E-state index is 13.7. The number of halogens is 1. The molecule has 1 atom stereocenters. The Kier molecular flexibility index (Phi) is 7.14. The molecular formula is C26H27ClN2O7. The molecular weight excluding hydrogens is 488 g/mol. The van der Waals surface area contributed by atoms with Crippen LogP contribution in [0.1, 0.15) is 29.1 Å². The summed E-state index contributed by atoms with van der Waals surface area (Å²) in [6.45, 7) is 2.82. The number of hydrogen-bond donors (Lipinski definition) is 2. The number of phenolic OH excluding ortho intramolecular Hbond substituents is 1. The van der Waals surface area contributed by atoms with Crippen LogP contribution in [0.5, 0.6) is 17.2 Å². The van der Waals surface area contributed by atoms with Gasteiger partial charge >= 0.3 is 0 Å². The molecule has 2 N–H and O–H groups in total. The number of aliphatic hydroxyl groups excluding tert-OH is 1. The van der Waals surface area contributed by atoms with E-state index >= 15 is 0 Å². The Labute approximate surface area is 213 Å². The van der Waals surface area contributed by atoms with Gasteiger partial charge in [-0.2, -0.15) is 0 Å². The number of furan rings is 1. The van der Waals surface area contributed by atoms with Gasteiger partial charge in [0.15, 0.2) is 34.4 Å². The van der Waals surface area contributed by atoms with Crippen LogP contribution in [0.25, 0.3) is 11.0 Å². The minimum absolute atomic E-state index is 0.0768. The van der Waals surface area contributed by atoms with Gasteiger partial charge in [0.1, 0.15) is 0 Å². The van der Waals surface area contributed by atoms with E-state index in [9.17, 15) is 19.8 Å². The fourth-order valence-corrected chi connectivity index (χ4v) is 4.44. The van der Waals surface area contributed by atoms with Gasteiger partial charge in [-0.05, 0) is 50.8 Å². The van der Waals surface area contributed by atoms with Crippen LogP contribution in [0.2, 0.25) is 5.02 Å². The molecule has 2 heterocycles. The lowest BCUT2D eigenvalue weighted by Gasteiger charge is -2.28. The molecule has 2 aromatic carbocycles. The molecule has 0 saturated heterocycles. The van der Waals surface area contributed by atoms with E-state index in [1.54, 1.807) is 31.2 Å². The highest BCUT2D eigenvalue weighted by atomic mass is 35.5. The Morgan fingerprint density at radius 3 is 2.58 bits per heavy atom. The number of aromatic hydroxyl groups is 1. The Bertz CT molecular complexity index is 1360. The van der Waals surface area contributed by atoms with E-state index in [4.69, 9.17) is 25.5 Å². The molecule has 36 heavy (non-hydrogen) atoms. The van der Waals surface area contributed by atoms with Crippen molar-refractivity contribution in [2.75, 3.05) is 40.9 Å². The summed E-state index contributed by atoms with van der Waals surface area (Å²) in [6, 6.07) is 8.35. The number of likely N-dealkylation sites (N-methyl/N-ethyl adjacent to an activating group) is 1. The summed E-state index contributed by atoms with van der Waals surface area (Å²) in [7, 11) is 5.17. The zero-order valence-electron chi connectivity index (χ0n) is 20.4. The summed E-state index contributed by atoms with van der Waals surface area (Å²) in [6.07, 6.45) is 0. The van der Waals surface area contributed by atoms with Gasteiger partial charge < -0.3 is 33.9 Å². The number of benzene rings is 2. The quantitative estimate of drug-likeness (QED) is 0.405. The van der Waals surface area contributed by atoms with E-state index in [1.807, 2.05) is 19.0 Å². The van der Waals surface area contributed by atoms with Crippen LogP contribution in [-0.2, 0) is 4.79 Å². The third-order valence-electron chi connectivity index (χ3n) is 5.93. The highest BCUT2D eigenvalue weighted by Crippen LogP contribution is 2.42. The molecule has 1 amide bonds. The zero-order valence-corrected chi connectivity index (χ0v) is 21.1. The lowest BCUT2D eigenvalue weighted by molar-refractivity contribution is -0.129. The van der Waals surface area contributed by atoms with Crippen LogP contribution in [0, 0.1) is 0 Å². The molecule has 10 heteroatoms. The topological polar surface area (TPSA) is 113 Å². The van der Waals surface area contributed by atoms with Crippen molar-refractivity contribution in [1.29, 1.82) is 0 Å².